The maximum atomic E-state index is 13.6. The summed E-state index contributed by atoms with van der Waals surface area (Å²) in [6.45, 7) is 1.54. The normalized spacial score (nSPS) is 14.9. The van der Waals surface area contributed by atoms with Crippen LogP contribution >= 0.6 is 0 Å². The van der Waals surface area contributed by atoms with Gasteiger partial charge < -0.3 is 0 Å². The summed E-state index contributed by atoms with van der Waals surface area (Å²) >= 11 is 0. The van der Waals surface area contributed by atoms with Gasteiger partial charge in [-0.05, 0) is 54.7 Å². The van der Waals surface area contributed by atoms with Crippen LogP contribution in [0.3, 0.4) is 0 Å². The van der Waals surface area contributed by atoms with Gasteiger partial charge in [0.15, 0.2) is 0 Å². The molecule has 1 saturated carbocycles. The number of hydrogen-bond donors (Lipinski definition) is 2. The van der Waals surface area contributed by atoms with Crippen LogP contribution in [0, 0.1) is 17.1 Å². The van der Waals surface area contributed by atoms with E-state index in [1.807, 2.05) is 18.2 Å². The van der Waals surface area contributed by atoms with Crippen molar-refractivity contribution in [2.45, 2.75) is 37.6 Å². The summed E-state index contributed by atoms with van der Waals surface area (Å²) in [5, 5.41) is 12.8. The van der Waals surface area contributed by atoms with Gasteiger partial charge in [0, 0.05) is 0 Å². The average Bonchev–Trinajstić information content (AvgIpc) is 3.81. The van der Waals surface area contributed by atoms with Crippen LogP contribution in [0.15, 0.2) is 83.8 Å². The van der Waals surface area contributed by atoms with E-state index >= 15 is 0 Å². The second kappa shape index (κ2) is 12.2. The second-order valence-corrected chi connectivity index (χ2v) is 11.7. The van der Waals surface area contributed by atoms with Gasteiger partial charge in [-0.2, -0.15) is 5.26 Å². The van der Waals surface area contributed by atoms with Gasteiger partial charge in [0.25, 0.3) is 5.56 Å². The summed E-state index contributed by atoms with van der Waals surface area (Å²) in [6.07, 6.45) is 7.59. The monoisotopic (exact) mass is 612 g/mol. The molecule has 0 atom stereocenters. The number of ether oxygens (including phenoxy) is 1. The van der Waals surface area contributed by atoms with Gasteiger partial charge in [-0.1, -0.05) is 0 Å². The quantitative estimate of drug-likeness (QED) is 0.240. The van der Waals surface area contributed by atoms with Crippen LogP contribution in [0.2, 0.25) is 0 Å². The van der Waals surface area contributed by atoms with Crippen molar-refractivity contribution in [3.8, 4) is 34.0 Å². The maximum Gasteiger partial charge on any atom is 0.269 e. The van der Waals surface area contributed by atoms with E-state index in [0.717, 1.165) is 61.2 Å². The number of carbonyl (C=O) groups is 1. The molecule has 0 radical (unpaired) electrons. The molecule has 2 aliphatic rings. The minimum atomic E-state index is -0.650. The summed E-state index contributed by atoms with van der Waals surface area (Å²) < 4.78 is 22.6. The SMILES string of the molecule is N#Cc1c(C2CC2)cc(C(=O)Nc2ccc(-c3cc(-c4cbn(C5CCOCC5)c4)cnc3N)cc2)c(=O)n1-c1ccc(F)cc1. The van der Waals surface area contributed by atoms with E-state index in [9.17, 15) is 19.2 Å². The number of nitrogens with one attached hydrogen (secondary N) is 1. The number of carbonyl (C=O) groups excluding carboxylic acids is 1. The van der Waals surface area contributed by atoms with Gasteiger partial charge in [-0.25, -0.2) is 4.39 Å². The zero-order valence-electron chi connectivity index (χ0n) is 24.9. The van der Waals surface area contributed by atoms with Crippen LogP contribution < -0.4 is 16.6 Å². The molecule has 1 aliphatic carbocycles. The number of hydrogen-bond acceptors (Lipinski definition) is 6. The molecule has 228 valence electrons. The molecule has 2 aromatic carbocycles. The zero-order chi connectivity index (χ0) is 31.8. The van der Waals surface area contributed by atoms with E-state index in [-0.39, 0.29) is 17.2 Å². The number of benzene rings is 2. The number of nitrogens with zero attached hydrogens (tertiary/aromatic N) is 4. The average molecular weight is 612 g/mol. The van der Waals surface area contributed by atoms with Crippen molar-refractivity contribution in [3.05, 3.63) is 112 Å². The number of pyridine rings is 2. The molecule has 3 N–H and O–H groups in total. The van der Waals surface area contributed by atoms with Crippen molar-refractivity contribution in [3.63, 3.8) is 0 Å². The Kier molecular flexibility index (Phi) is 7.80. The number of nitrogens with two attached hydrogens (primary N) is 1. The number of nitrogen functional groups attached to an aromatic ring is 1. The summed E-state index contributed by atoms with van der Waals surface area (Å²) in [6, 6.07) is 18.5. The van der Waals surface area contributed by atoms with Crippen LogP contribution in [0.5, 0.6) is 0 Å². The molecule has 1 amide bonds. The van der Waals surface area contributed by atoms with Crippen LogP contribution in [0.1, 0.15) is 59.3 Å². The fourth-order valence-electron chi connectivity index (χ4n) is 6.05. The number of amides is 1. The Labute approximate surface area is 265 Å². The van der Waals surface area contributed by atoms with Crippen LogP contribution in [0.25, 0.3) is 27.9 Å². The van der Waals surface area contributed by atoms with E-state index in [1.165, 1.54) is 34.9 Å². The number of aromatic nitrogens is 3. The first kappa shape index (κ1) is 29.4. The second-order valence-electron chi connectivity index (χ2n) is 11.7. The molecule has 7 rings (SSSR count). The van der Waals surface area contributed by atoms with Crippen molar-refractivity contribution >= 4 is 24.5 Å². The topological polar surface area (TPSA) is 128 Å². The van der Waals surface area contributed by atoms with Crippen molar-refractivity contribution in [2.75, 3.05) is 24.3 Å². The van der Waals surface area contributed by atoms with Crippen molar-refractivity contribution < 1.29 is 13.9 Å². The summed E-state index contributed by atoms with van der Waals surface area (Å²) in [4.78, 5) is 31.5. The van der Waals surface area contributed by atoms with Crippen LogP contribution in [-0.4, -0.2) is 40.2 Å². The van der Waals surface area contributed by atoms with Gasteiger partial charge >= 0.3 is 163 Å². The fraction of sp³-hybridized carbons (Fsp3) is 0.229. The third-order valence-corrected chi connectivity index (χ3v) is 8.72. The van der Waals surface area contributed by atoms with Gasteiger partial charge in [0.05, 0.1) is 5.69 Å². The van der Waals surface area contributed by atoms with Crippen molar-refractivity contribution in [2.24, 2.45) is 0 Å². The number of nitriles is 1. The summed E-state index contributed by atoms with van der Waals surface area (Å²) in [7, 11) is 2.09. The molecule has 1 aliphatic heterocycles. The van der Waals surface area contributed by atoms with Crippen LogP contribution in [-0.2, 0) is 4.74 Å². The molecule has 11 heteroatoms. The Bertz CT molecular complexity index is 2040. The van der Waals surface area contributed by atoms with Gasteiger partial charge in [0.1, 0.15) is 17.6 Å². The molecule has 2 fully saturated rings. The van der Waals surface area contributed by atoms with E-state index in [0.29, 0.717) is 28.8 Å². The molecule has 5 aromatic rings. The zero-order valence-corrected chi connectivity index (χ0v) is 24.9. The van der Waals surface area contributed by atoms with E-state index < -0.39 is 17.3 Å². The maximum absolute atomic E-state index is 13.6. The Morgan fingerprint density at radius 2 is 1.76 bits per heavy atom. The largest absolute Gasteiger partial charge is 0.269 e. The predicted octanol–water partition coefficient (Wildman–Crippen LogP) is 5.78. The third-order valence-electron chi connectivity index (χ3n) is 8.72. The van der Waals surface area contributed by atoms with E-state index in [4.69, 9.17) is 10.5 Å². The molecular formula is C35H30BFN6O3. The first-order valence-electron chi connectivity index (χ1n) is 15.3. The summed E-state index contributed by atoms with van der Waals surface area (Å²) in [5.74, 6) is 1.48. The van der Waals surface area contributed by atoms with Gasteiger partial charge in [-0.3, -0.25) is 9.36 Å². The van der Waals surface area contributed by atoms with Crippen molar-refractivity contribution in [1.82, 2.24) is 14.0 Å². The minimum absolute atomic E-state index is 0.0861. The Morgan fingerprint density at radius 1 is 1.02 bits per heavy atom. The Balaban J connectivity index is 1.15. The molecular weight excluding hydrogens is 582 g/mol. The third kappa shape index (κ3) is 5.75. The standard InChI is InChI=1S/C35H30BFN6O3/c37-25-5-9-28(10-6-25)43-32(18-38)29(21-1-2-21)16-31(35(43)45)34(44)41-26-7-3-22(4-8-26)30-15-23(19-40-33(30)39)24-17-36-42(20-24)27-11-13-46-14-12-27/h3-10,15-17,19-21,27H,1-2,11-14H2,(H2,39,40)(H,41,44). The Hall–Kier alpha value is -5.34. The number of halogens is 1. The van der Waals surface area contributed by atoms with Crippen LogP contribution in [0.4, 0.5) is 15.9 Å². The number of anilines is 2. The van der Waals surface area contributed by atoms with E-state index in [2.05, 4.69) is 40.1 Å². The molecule has 0 spiro atoms. The molecule has 3 aromatic heterocycles. The predicted molar refractivity (Wildman–Crippen MR) is 175 cm³/mol. The molecule has 0 bridgehead atoms. The summed E-state index contributed by atoms with van der Waals surface area (Å²) in [5.41, 5.74) is 10.7. The van der Waals surface area contributed by atoms with Crippen molar-refractivity contribution in [1.29, 1.82) is 5.26 Å². The molecule has 9 nitrogen and oxygen atoms in total. The first-order chi connectivity index (χ1) is 22.4. The molecule has 1 saturated heterocycles. The molecule has 0 unspecified atom stereocenters. The first-order valence-corrected chi connectivity index (χ1v) is 15.3. The van der Waals surface area contributed by atoms with Gasteiger partial charge in [0.2, 0.25) is 0 Å². The van der Waals surface area contributed by atoms with Gasteiger partial charge in [-0.15, -0.1) is 0 Å². The van der Waals surface area contributed by atoms with E-state index in [1.54, 1.807) is 18.3 Å². The Morgan fingerprint density at radius 3 is 2.46 bits per heavy atom. The fourth-order valence-corrected chi connectivity index (χ4v) is 6.05. The smallest absolute Gasteiger partial charge is 0.268 e. The minimum Gasteiger partial charge on any atom is -0.268 e. The molecule has 46 heavy (non-hydrogen) atoms. The number of rotatable bonds is 7. The molecule has 4 heterocycles.